The quantitative estimate of drug-likeness (QED) is 0.593. The second-order valence-electron chi connectivity index (χ2n) is 4.72. The van der Waals surface area contributed by atoms with E-state index in [1.165, 1.54) is 5.56 Å². The molecular weight excluding hydrogens is 212 g/mol. The number of carbonyl (C=O) groups excluding carboxylic acids is 1. The standard InChI is InChI=1S/C14H18N2O/c1-10(2)8-14(17)16-7-6-11-4-3-5-13(15)12(11)9-16/h3-5,8H,6-7,9,15H2,1-2H3. The van der Waals surface area contributed by atoms with E-state index < -0.39 is 0 Å². The maximum atomic E-state index is 11.9. The van der Waals surface area contributed by atoms with Gasteiger partial charge < -0.3 is 10.6 Å². The number of benzene rings is 1. The van der Waals surface area contributed by atoms with Gasteiger partial charge in [-0.15, -0.1) is 0 Å². The average Bonchev–Trinajstić information content (AvgIpc) is 2.28. The van der Waals surface area contributed by atoms with Gasteiger partial charge in [0.15, 0.2) is 0 Å². The van der Waals surface area contributed by atoms with Crippen LogP contribution in [0.1, 0.15) is 25.0 Å². The Kier molecular flexibility index (Phi) is 3.18. The van der Waals surface area contributed by atoms with Crippen molar-refractivity contribution in [1.29, 1.82) is 0 Å². The smallest absolute Gasteiger partial charge is 0.246 e. The predicted molar refractivity (Wildman–Crippen MR) is 69.4 cm³/mol. The molecule has 0 saturated carbocycles. The molecule has 1 aromatic rings. The van der Waals surface area contributed by atoms with Crippen LogP contribution in [0.2, 0.25) is 0 Å². The number of anilines is 1. The lowest BCUT2D eigenvalue weighted by Gasteiger charge is -2.29. The number of rotatable bonds is 1. The van der Waals surface area contributed by atoms with E-state index in [9.17, 15) is 4.79 Å². The van der Waals surface area contributed by atoms with Crippen molar-refractivity contribution in [1.82, 2.24) is 4.90 Å². The Morgan fingerprint density at radius 2 is 2.18 bits per heavy atom. The van der Waals surface area contributed by atoms with Gasteiger partial charge in [0.2, 0.25) is 5.91 Å². The Hall–Kier alpha value is -1.77. The Morgan fingerprint density at radius 1 is 1.41 bits per heavy atom. The van der Waals surface area contributed by atoms with E-state index in [1.807, 2.05) is 30.9 Å². The first-order valence-electron chi connectivity index (χ1n) is 5.88. The minimum Gasteiger partial charge on any atom is -0.398 e. The van der Waals surface area contributed by atoms with Crippen molar-refractivity contribution < 1.29 is 4.79 Å². The van der Waals surface area contributed by atoms with Gasteiger partial charge in [-0.05, 0) is 37.5 Å². The molecule has 0 atom stereocenters. The summed E-state index contributed by atoms with van der Waals surface area (Å²) in [6.07, 6.45) is 2.58. The summed E-state index contributed by atoms with van der Waals surface area (Å²) in [5.74, 6) is 0.0823. The van der Waals surface area contributed by atoms with Crippen molar-refractivity contribution in [3.63, 3.8) is 0 Å². The van der Waals surface area contributed by atoms with Gasteiger partial charge in [0, 0.05) is 24.9 Å². The maximum absolute atomic E-state index is 11.9. The van der Waals surface area contributed by atoms with Crippen molar-refractivity contribution in [3.05, 3.63) is 41.0 Å². The molecule has 0 radical (unpaired) electrons. The predicted octanol–water partition coefficient (Wildman–Crippen LogP) is 2.12. The fourth-order valence-electron chi connectivity index (χ4n) is 2.13. The molecule has 1 aromatic carbocycles. The molecule has 0 saturated heterocycles. The van der Waals surface area contributed by atoms with Crippen LogP contribution in [0.4, 0.5) is 5.69 Å². The molecule has 2 rings (SSSR count). The maximum Gasteiger partial charge on any atom is 0.246 e. The molecule has 0 aromatic heterocycles. The third-order valence-electron chi connectivity index (χ3n) is 3.03. The van der Waals surface area contributed by atoms with Crippen LogP contribution in [-0.2, 0) is 17.8 Å². The molecule has 2 N–H and O–H groups in total. The molecule has 1 amide bonds. The topological polar surface area (TPSA) is 46.3 Å². The van der Waals surface area contributed by atoms with Gasteiger partial charge in [-0.1, -0.05) is 17.7 Å². The summed E-state index contributed by atoms with van der Waals surface area (Å²) < 4.78 is 0. The van der Waals surface area contributed by atoms with E-state index in [2.05, 4.69) is 6.07 Å². The summed E-state index contributed by atoms with van der Waals surface area (Å²) in [7, 11) is 0. The van der Waals surface area contributed by atoms with Gasteiger partial charge in [-0.2, -0.15) is 0 Å². The zero-order valence-corrected chi connectivity index (χ0v) is 10.4. The molecule has 0 unspecified atom stereocenters. The van der Waals surface area contributed by atoms with Crippen molar-refractivity contribution in [2.24, 2.45) is 0 Å². The number of allylic oxidation sites excluding steroid dienone is 1. The van der Waals surface area contributed by atoms with Crippen LogP contribution in [0.15, 0.2) is 29.8 Å². The molecule has 1 heterocycles. The summed E-state index contributed by atoms with van der Waals surface area (Å²) in [5, 5.41) is 0. The number of hydrogen-bond donors (Lipinski definition) is 1. The number of nitrogens with zero attached hydrogens (tertiary/aromatic N) is 1. The van der Waals surface area contributed by atoms with E-state index in [4.69, 9.17) is 5.73 Å². The van der Waals surface area contributed by atoms with E-state index in [1.54, 1.807) is 6.08 Å². The van der Waals surface area contributed by atoms with Crippen LogP contribution in [0.3, 0.4) is 0 Å². The minimum atomic E-state index is 0.0823. The van der Waals surface area contributed by atoms with Crippen LogP contribution in [0.25, 0.3) is 0 Å². The highest BCUT2D eigenvalue weighted by molar-refractivity contribution is 5.88. The normalized spacial score (nSPS) is 14.1. The second-order valence-corrected chi connectivity index (χ2v) is 4.72. The van der Waals surface area contributed by atoms with Crippen LogP contribution >= 0.6 is 0 Å². The van der Waals surface area contributed by atoms with Crippen molar-refractivity contribution in [2.45, 2.75) is 26.8 Å². The monoisotopic (exact) mass is 230 g/mol. The van der Waals surface area contributed by atoms with Crippen LogP contribution < -0.4 is 5.73 Å². The van der Waals surface area contributed by atoms with Gasteiger partial charge in [-0.3, -0.25) is 4.79 Å². The molecule has 0 spiro atoms. The highest BCUT2D eigenvalue weighted by Crippen LogP contribution is 2.24. The molecule has 0 aliphatic carbocycles. The number of nitrogen functional groups attached to an aromatic ring is 1. The molecule has 1 aliphatic heterocycles. The second kappa shape index (κ2) is 4.62. The van der Waals surface area contributed by atoms with Crippen molar-refractivity contribution in [3.8, 4) is 0 Å². The van der Waals surface area contributed by atoms with E-state index in [0.717, 1.165) is 29.8 Å². The van der Waals surface area contributed by atoms with Crippen LogP contribution in [0, 0.1) is 0 Å². The molecule has 0 bridgehead atoms. The summed E-state index contributed by atoms with van der Waals surface area (Å²) in [6, 6.07) is 5.96. The third-order valence-corrected chi connectivity index (χ3v) is 3.03. The van der Waals surface area contributed by atoms with Gasteiger partial charge in [0.1, 0.15) is 0 Å². The Balaban J connectivity index is 2.21. The molecule has 17 heavy (non-hydrogen) atoms. The molecule has 3 nitrogen and oxygen atoms in total. The lowest BCUT2D eigenvalue weighted by Crippen LogP contribution is -2.35. The van der Waals surface area contributed by atoms with E-state index in [0.29, 0.717) is 6.54 Å². The SMILES string of the molecule is CC(C)=CC(=O)N1CCc2cccc(N)c2C1. The summed E-state index contributed by atoms with van der Waals surface area (Å²) in [5.41, 5.74) is 10.1. The molecule has 1 aliphatic rings. The zero-order chi connectivity index (χ0) is 12.4. The van der Waals surface area contributed by atoms with Crippen LogP contribution in [-0.4, -0.2) is 17.4 Å². The molecular formula is C14H18N2O. The first kappa shape index (κ1) is 11.7. The first-order valence-corrected chi connectivity index (χ1v) is 5.88. The molecule has 0 fully saturated rings. The van der Waals surface area contributed by atoms with Crippen LogP contribution in [0.5, 0.6) is 0 Å². The minimum absolute atomic E-state index is 0.0823. The zero-order valence-electron chi connectivity index (χ0n) is 10.4. The third kappa shape index (κ3) is 2.49. The first-order chi connectivity index (χ1) is 8.08. The Labute approximate surface area is 102 Å². The van der Waals surface area contributed by atoms with Gasteiger partial charge in [0.05, 0.1) is 0 Å². The highest BCUT2D eigenvalue weighted by atomic mass is 16.2. The number of hydrogen-bond acceptors (Lipinski definition) is 2. The fourth-order valence-corrected chi connectivity index (χ4v) is 2.13. The fraction of sp³-hybridized carbons (Fsp3) is 0.357. The molecule has 90 valence electrons. The van der Waals surface area contributed by atoms with Gasteiger partial charge >= 0.3 is 0 Å². The number of fused-ring (bicyclic) bond motifs is 1. The van der Waals surface area contributed by atoms with Gasteiger partial charge in [-0.25, -0.2) is 0 Å². The Bertz CT molecular complexity index is 473. The summed E-state index contributed by atoms with van der Waals surface area (Å²) in [6.45, 7) is 5.28. The molecule has 3 heteroatoms. The van der Waals surface area contributed by atoms with Crippen molar-refractivity contribution >= 4 is 11.6 Å². The lowest BCUT2D eigenvalue weighted by atomic mass is 9.98. The summed E-state index contributed by atoms with van der Waals surface area (Å²) in [4.78, 5) is 13.8. The lowest BCUT2D eigenvalue weighted by molar-refractivity contribution is -0.126. The number of carbonyl (C=O) groups is 1. The number of amides is 1. The average molecular weight is 230 g/mol. The van der Waals surface area contributed by atoms with E-state index >= 15 is 0 Å². The largest absolute Gasteiger partial charge is 0.398 e. The number of nitrogens with two attached hydrogens (primary N) is 1. The van der Waals surface area contributed by atoms with Gasteiger partial charge in [0.25, 0.3) is 0 Å². The van der Waals surface area contributed by atoms with Crippen molar-refractivity contribution in [2.75, 3.05) is 12.3 Å². The Morgan fingerprint density at radius 3 is 2.88 bits per heavy atom. The highest BCUT2D eigenvalue weighted by Gasteiger charge is 2.20. The van der Waals surface area contributed by atoms with E-state index in [-0.39, 0.29) is 5.91 Å². The summed E-state index contributed by atoms with van der Waals surface area (Å²) >= 11 is 0.